The molecular formula is C21H26ClN5. The van der Waals surface area contributed by atoms with Gasteiger partial charge in [-0.15, -0.1) is 0 Å². The molecular weight excluding hydrogens is 358 g/mol. The quantitative estimate of drug-likeness (QED) is 0.302. The van der Waals surface area contributed by atoms with E-state index in [1.807, 2.05) is 6.07 Å². The number of halogens is 1. The average molecular weight is 384 g/mol. The highest BCUT2D eigenvalue weighted by Crippen LogP contribution is 2.56. The normalized spacial score (nSPS) is 16.3. The number of fused-ring (bicyclic) bond motifs is 4. The fourth-order valence-electron chi connectivity index (χ4n) is 4.66. The smallest absolute Gasteiger partial charge is 0.0923 e. The van der Waals surface area contributed by atoms with Crippen molar-refractivity contribution in [2.45, 2.75) is 44.4 Å². The first-order valence-corrected chi connectivity index (χ1v) is 9.66. The van der Waals surface area contributed by atoms with E-state index in [1.165, 1.54) is 53.7 Å². The summed E-state index contributed by atoms with van der Waals surface area (Å²) in [5.41, 5.74) is 22.3. The maximum atomic E-state index is 7.64. The van der Waals surface area contributed by atoms with Crippen molar-refractivity contribution >= 4 is 28.8 Å². The number of benzene rings is 2. The second-order valence-corrected chi connectivity index (χ2v) is 7.83. The van der Waals surface area contributed by atoms with Gasteiger partial charge in [0.25, 0.3) is 0 Å². The highest BCUT2D eigenvalue weighted by Gasteiger charge is 2.45. The number of nitrogens with one attached hydrogen (secondary N) is 3. The highest BCUT2D eigenvalue weighted by molar-refractivity contribution is 6.30. The van der Waals surface area contributed by atoms with E-state index >= 15 is 0 Å². The molecule has 2 aromatic carbocycles. The zero-order valence-electron chi connectivity index (χ0n) is 15.6. The first-order valence-electron chi connectivity index (χ1n) is 9.28. The minimum absolute atomic E-state index is 0.0777. The Morgan fingerprint density at radius 2 is 1.67 bits per heavy atom. The summed E-state index contributed by atoms with van der Waals surface area (Å²) in [5, 5.41) is 8.44. The molecule has 0 bridgehead atoms. The minimum Gasteiger partial charge on any atom is -0.388 e. The first-order chi connectivity index (χ1) is 13.0. The lowest BCUT2D eigenvalue weighted by Gasteiger charge is -2.44. The molecule has 5 nitrogen and oxygen atoms in total. The van der Waals surface area contributed by atoms with Crippen molar-refractivity contribution in [2.24, 2.45) is 5.73 Å². The van der Waals surface area contributed by atoms with Crippen LogP contribution in [-0.2, 0) is 5.41 Å². The minimum atomic E-state index is 0.0777. The number of nitrogens with zero attached hydrogens (tertiary/aromatic N) is 1. The summed E-state index contributed by atoms with van der Waals surface area (Å²) in [6, 6.07) is 13.1. The Kier molecular flexibility index (Phi) is 5.51. The van der Waals surface area contributed by atoms with Gasteiger partial charge in [-0.25, -0.2) is 11.1 Å². The van der Waals surface area contributed by atoms with Crippen molar-refractivity contribution < 1.29 is 0 Å². The maximum Gasteiger partial charge on any atom is 0.0923 e. The van der Waals surface area contributed by atoms with Gasteiger partial charge in [0.2, 0.25) is 0 Å². The second-order valence-electron chi connectivity index (χ2n) is 7.40. The molecule has 0 aromatic heterocycles. The molecule has 1 spiro atoms. The Hall–Kier alpha value is -2.40. The van der Waals surface area contributed by atoms with E-state index in [1.54, 1.807) is 0 Å². The fourth-order valence-corrected chi connectivity index (χ4v) is 4.83. The molecule has 1 heterocycles. The standard InChI is InChI=1S/C21H24ClN3.H2N2/c1-14-4-6-18-16(12-14)21(9-2-3-10-21)17-13-15(22)5-7-19(17)25(18)11-8-20(23)24;1-2/h4-7,12-13H,2-3,8-11H2,1H3,(H3,23,24);1-2H. The van der Waals surface area contributed by atoms with Crippen LogP contribution < -0.4 is 10.6 Å². The van der Waals surface area contributed by atoms with Crippen LogP contribution in [0.3, 0.4) is 0 Å². The summed E-state index contributed by atoms with van der Waals surface area (Å²) >= 11 is 6.40. The van der Waals surface area contributed by atoms with Gasteiger partial charge in [-0.1, -0.05) is 42.1 Å². The van der Waals surface area contributed by atoms with Gasteiger partial charge in [-0.3, -0.25) is 5.41 Å². The van der Waals surface area contributed by atoms with Gasteiger partial charge in [-0.05, 0) is 55.2 Å². The van der Waals surface area contributed by atoms with E-state index in [4.69, 9.17) is 33.8 Å². The Bertz CT molecular complexity index is 802. The molecule has 1 aliphatic heterocycles. The van der Waals surface area contributed by atoms with Crippen molar-refractivity contribution in [2.75, 3.05) is 11.4 Å². The predicted octanol–water partition coefficient (Wildman–Crippen LogP) is 5.88. The zero-order valence-corrected chi connectivity index (χ0v) is 16.4. The summed E-state index contributed by atoms with van der Waals surface area (Å²) in [7, 11) is 0. The largest absolute Gasteiger partial charge is 0.388 e. The summed E-state index contributed by atoms with van der Waals surface area (Å²) in [4.78, 5) is 2.32. The number of hydrogen-bond acceptors (Lipinski definition) is 4. The van der Waals surface area contributed by atoms with Crippen LogP contribution in [0.25, 0.3) is 0 Å². The molecule has 0 atom stereocenters. The lowest BCUT2D eigenvalue weighted by atomic mass is 9.69. The number of nitrogens with two attached hydrogens (primary N) is 1. The Labute approximate surface area is 165 Å². The van der Waals surface area contributed by atoms with Gasteiger partial charge in [0.15, 0.2) is 0 Å². The lowest BCUT2D eigenvalue weighted by Crippen LogP contribution is -2.36. The van der Waals surface area contributed by atoms with Crippen molar-refractivity contribution in [3.05, 3.63) is 58.1 Å². The van der Waals surface area contributed by atoms with E-state index < -0.39 is 0 Å². The molecule has 142 valence electrons. The summed E-state index contributed by atoms with van der Waals surface area (Å²) in [6.45, 7) is 2.88. The van der Waals surface area contributed by atoms with Crippen LogP contribution >= 0.6 is 11.6 Å². The van der Waals surface area contributed by atoms with Gasteiger partial charge >= 0.3 is 0 Å². The third-order valence-corrected chi connectivity index (χ3v) is 6.02. The summed E-state index contributed by atoms with van der Waals surface area (Å²) in [5.74, 6) is 0.227. The fraction of sp³-hybridized carbons (Fsp3) is 0.381. The Morgan fingerprint density at radius 3 is 2.30 bits per heavy atom. The molecule has 0 saturated heterocycles. The molecule has 1 aliphatic carbocycles. The van der Waals surface area contributed by atoms with Crippen LogP contribution in [0.1, 0.15) is 48.8 Å². The average Bonchev–Trinajstić information content (AvgIpc) is 3.15. The molecule has 2 aromatic rings. The monoisotopic (exact) mass is 383 g/mol. The van der Waals surface area contributed by atoms with Crippen molar-refractivity contribution in [1.29, 1.82) is 16.5 Å². The summed E-state index contributed by atoms with van der Waals surface area (Å²) < 4.78 is 0. The van der Waals surface area contributed by atoms with Gasteiger partial charge in [0.05, 0.1) is 5.84 Å². The van der Waals surface area contributed by atoms with Crippen LogP contribution in [0.4, 0.5) is 11.4 Å². The van der Waals surface area contributed by atoms with Gasteiger partial charge in [0, 0.05) is 34.8 Å². The molecule has 27 heavy (non-hydrogen) atoms. The molecule has 1 fully saturated rings. The third kappa shape index (κ3) is 3.32. The molecule has 1 saturated carbocycles. The molecule has 0 radical (unpaired) electrons. The molecule has 0 amide bonds. The van der Waals surface area contributed by atoms with Crippen molar-refractivity contribution in [3.63, 3.8) is 0 Å². The van der Waals surface area contributed by atoms with Gasteiger partial charge < -0.3 is 10.6 Å². The first kappa shape index (κ1) is 19.4. The number of rotatable bonds is 3. The Balaban J connectivity index is 0.00000102. The topological polar surface area (TPSA) is 101 Å². The van der Waals surface area contributed by atoms with Crippen molar-refractivity contribution in [1.82, 2.24) is 0 Å². The van der Waals surface area contributed by atoms with E-state index in [0.29, 0.717) is 6.42 Å². The lowest BCUT2D eigenvalue weighted by molar-refractivity contribution is 0.526. The van der Waals surface area contributed by atoms with Gasteiger partial charge in [0.1, 0.15) is 0 Å². The Morgan fingerprint density at radius 1 is 1.07 bits per heavy atom. The summed E-state index contributed by atoms with van der Waals surface area (Å²) in [6.07, 6.45) is 5.43. The van der Waals surface area contributed by atoms with E-state index in [9.17, 15) is 0 Å². The number of hydrogen-bond donors (Lipinski definition) is 4. The molecule has 6 heteroatoms. The number of amidine groups is 1. The SMILES string of the molecule is Cc1ccc2c(c1)C1(CCCC1)c1cc(Cl)ccc1N2CCC(=N)N.N=N. The van der Waals surface area contributed by atoms with Crippen LogP contribution in [0.15, 0.2) is 36.4 Å². The molecule has 2 aliphatic rings. The van der Waals surface area contributed by atoms with Crippen LogP contribution in [0.2, 0.25) is 5.02 Å². The van der Waals surface area contributed by atoms with Crippen LogP contribution in [0.5, 0.6) is 0 Å². The van der Waals surface area contributed by atoms with Crippen molar-refractivity contribution in [3.8, 4) is 0 Å². The molecule has 4 rings (SSSR count). The van der Waals surface area contributed by atoms with Crippen LogP contribution in [0, 0.1) is 23.4 Å². The zero-order chi connectivity index (χ0) is 19.6. The van der Waals surface area contributed by atoms with E-state index in [-0.39, 0.29) is 11.3 Å². The maximum absolute atomic E-state index is 7.64. The predicted molar refractivity (Wildman–Crippen MR) is 111 cm³/mol. The highest BCUT2D eigenvalue weighted by atomic mass is 35.5. The number of aryl methyl sites for hydroxylation is 1. The molecule has 0 unspecified atom stereocenters. The van der Waals surface area contributed by atoms with E-state index in [2.05, 4.69) is 42.2 Å². The van der Waals surface area contributed by atoms with Crippen LogP contribution in [-0.4, -0.2) is 12.4 Å². The second kappa shape index (κ2) is 7.69. The number of anilines is 2. The molecule has 5 N–H and O–H groups in total. The third-order valence-electron chi connectivity index (χ3n) is 5.79. The van der Waals surface area contributed by atoms with Gasteiger partial charge in [-0.2, -0.15) is 0 Å². The van der Waals surface area contributed by atoms with E-state index in [0.717, 1.165) is 11.6 Å².